The summed E-state index contributed by atoms with van der Waals surface area (Å²) in [5.41, 5.74) is 0.831. The lowest BCUT2D eigenvalue weighted by molar-refractivity contribution is 0.362. The van der Waals surface area contributed by atoms with Gasteiger partial charge in [-0.2, -0.15) is 0 Å². The highest BCUT2D eigenvalue weighted by molar-refractivity contribution is 7.52. The molecule has 0 aliphatic heterocycles. The largest absolute Gasteiger partial charge is 0.332 e. The van der Waals surface area contributed by atoms with E-state index in [1.165, 1.54) is 6.92 Å². The van der Waals surface area contributed by atoms with Gasteiger partial charge in [-0.15, -0.1) is 0 Å². The van der Waals surface area contributed by atoms with Crippen LogP contribution >= 0.6 is 7.60 Å². The molecule has 0 radical (unpaired) electrons. The molecule has 0 saturated carbocycles. The van der Waals surface area contributed by atoms with E-state index < -0.39 is 13.3 Å². The third kappa shape index (κ3) is 2.55. The van der Waals surface area contributed by atoms with Crippen molar-refractivity contribution in [2.45, 2.75) is 12.6 Å². The molecule has 76 valence electrons. The molecule has 4 heteroatoms. The Morgan fingerprint density at radius 3 is 2.21 bits per heavy atom. The summed E-state index contributed by atoms with van der Waals surface area (Å²) in [4.78, 5) is 17.9. The molecule has 2 N–H and O–H groups in total. The summed E-state index contributed by atoms with van der Waals surface area (Å²) in [5.74, 6) is 0. The van der Waals surface area contributed by atoms with Gasteiger partial charge in [0, 0.05) is 0 Å². The van der Waals surface area contributed by atoms with Crippen LogP contribution < -0.4 is 0 Å². The van der Waals surface area contributed by atoms with Crippen LogP contribution in [0.2, 0.25) is 0 Å². The topological polar surface area (TPSA) is 57.5 Å². The quantitative estimate of drug-likeness (QED) is 0.757. The molecule has 0 spiro atoms. The van der Waals surface area contributed by atoms with E-state index in [4.69, 9.17) is 9.79 Å². The van der Waals surface area contributed by atoms with Crippen molar-refractivity contribution in [2.24, 2.45) is 0 Å². The van der Waals surface area contributed by atoms with Crippen molar-refractivity contribution in [2.75, 3.05) is 0 Å². The maximum Gasteiger partial charge on any atom is 0.332 e. The van der Waals surface area contributed by atoms with Gasteiger partial charge < -0.3 is 9.79 Å². The van der Waals surface area contributed by atoms with Gasteiger partial charge >= 0.3 is 7.60 Å². The summed E-state index contributed by atoms with van der Waals surface area (Å²) < 4.78 is 11.0. The second kappa shape index (κ2) is 4.09. The Hall–Kier alpha value is -0.890. The number of rotatable bonds is 3. The summed E-state index contributed by atoms with van der Waals surface area (Å²) >= 11 is 0. The zero-order valence-corrected chi connectivity index (χ0v) is 8.82. The second-order valence-electron chi connectivity index (χ2n) is 3.14. The molecule has 0 aliphatic carbocycles. The maximum absolute atomic E-state index is 11.0. The zero-order chi connectivity index (χ0) is 10.8. The molecule has 1 unspecified atom stereocenters. The minimum atomic E-state index is -4.03. The van der Waals surface area contributed by atoms with E-state index in [1.807, 2.05) is 0 Å². The number of hydrogen-bond acceptors (Lipinski definition) is 1. The van der Waals surface area contributed by atoms with Crippen molar-refractivity contribution in [1.29, 1.82) is 0 Å². The minimum Gasteiger partial charge on any atom is -0.324 e. The van der Waals surface area contributed by atoms with Crippen molar-refractivity contribution in [1.82, 2.24) is 0 Å². The first kappa shape index (κ1) is 11.2. The molecule has 0 amide bonds. The van der Waals surface area contributed by atoms with Crippen molar-refractivity contribution in [3.05, 3.63) is 42.0 Å². The molecule has 0 fully saturated rings. The van der Waals surface area contributed by atoms with E-state index in [9.17, 15) is 4.57 Å². The molecule has 0 aliphatic rings. The number of benzene rings is 1. The first-order valence-corrected chi connectivity index (χ1v) is 5.91. The van der Waals surface area contributed by atoms with Crippen LogP contribution in [0.5, 0.6) is 0 Å². The van der Waals surface area contributed by atoms with Crippen LogP contribution in [0.15, 0.2) is 30.8 Å². The van der Waals surface area contributed by atoms with E-state index in [0.717, 1.165) is 5.56 Å². The van der Waals surface area contributed by atoms with Gasteiger partial charge in [0.1, 0.15) is 0 Å². The fourth-order valence-electron chi connectivity index (χ4n) is 1.10. The van der Waals surface area contributed by atoms with Crippen LogP contribution in [0.25, 0.3) is 6.08 Å². The SMILES string of the molecule is C=Cc1ccc(C(C)P(=O)(O)O)cc1. The Bertz CT molecular complexity index is 363. The van der Waals surface area contributed by atoms with E-state index in [1.54, 1.807) is 30.3 Å². The first-order chi connectivity index (χ1) is 6.45. The Labute approximate surface area is 83.3 Å². The normalized spacial score (nSPS) is 13.6. The lowest BCUT2D eigenvalue weighted by Crippen LogP contribution is -1.94. The smallest absolute Gasteiger partial charge is 0.324 e. The van der Waals surface area contributed by atoms with Crippen molar-refractivity contribution in [3.63, 3.8) is 0 Å². The third-order valence-electron chi connectivity index (χ3n) is 2.16. The predicted molar refractivity (Wildman–Crippen MR) is 57.0 cm³/mol. The fraction of sp³-hybridized carbons (Fsp3) is 0.200. The molecule has 1 aromatic rings. The van der Waals surface area contributed by atoms with Gasteiger partial charge in [-0.3, -0.25) is 4.57 Å². The molecule has 1 atom stereocenters. The predicted octanol–water partition coefficient (Wildman–Crippen LogP) is 2.57. The van der Waals surface area contributed by atoms with Gasteiger partial charge in [0.05, 0.1) is 5.66 Å². The Balaban J connectivity index is 2.98. The first-order valence-electron chi connectivity index (χ1n) is 4.23. The summed E-state index contributed by atoms with van der Waals surface area (Å²) in [6, 6.07) is 6.99. The Morgan fingerprint density at radius 2 is 1.86 bits per heavy atom. The molecule has 14 heavy (non-hydrogen) atoms. The van der Waals surface area contributed by atoms with Gasteiger partial charge in [-0.25, -0.2) is 0 Å². The summed E-state index contributed by atoms with van der Waals surface area (Å²) in [6.07, 6.45) is 1.69. The van der Waals surface area contributed by atoms with Crippen LogP contribution in [-0.2, 0) is 4.57 Å². The highest BCUT2D eigenvalue weighted by atomic mass is 31.2. The molecule has 0 aromatic heterocycles. The Kier molecular flexibility index (Phi) is 3.27. The molecule has 0 bridgehead atoms. The molecule has 3 nitrogen and oxygen atoms in total. The fourth-order valence-corrected chi connectivity index (χ4v) is 1.67. The van der Waals surface area contributed by atoms with E-state index >= 15 is 0 Å². The van der Waals surface area contributed by atoms with Crippen LogP contribution in [-0.4, -0.2) is 9.79 Å². The van der Waals surface area contributed by atoms with Gasteiger partial charge in [0.2, 0.25) is 0 Å². The number of hydrogen-bond donors (Lipinski definition) is 2. The van der Waals surface area contributed by atoms with Crippen molar-refractivity contribution >= 4 is 13.7 Å². The van der Waals surface area contributed by atoms with E-state index in [-0.39, 0.29) is 0 Å². The van der Waals surface area contributed by atoms with E-state index in [2.05, 4.69) is 6.58 Å². The second-order valence-corrected chi connectivity index (χ2v) is 5.09. The average molecular weight is 212 g/mol. The van der Waals surface area contributed by atoms with Crippen LogP contribution in [0.1, 0.15) is 23.7 Å². The summed E-state index contributed by atoms with van der Waals surface area (Å²) in [6.45, 7) is 5.12. The molecule has 0 heterocycles. The van der Waals surface area contributed by atoms with Crippen LogP contribution in [0.3, 0.4) is 0 Å². The van der Waals surface area contributed by atoms with Gasteiger partial charge in [0.15, 0.2) is 0 Å². The van der Waals surface area contributed by atoms with Crippen LogP contribution in [0, 0.1) is 0 Å². The molecule has 0 saturated heterocycles. The van der Waals surface area contributed by atoms with Gasteiger partial charge in [0.25, 0.3) is 0 Å². The van der Waals surface area contributed by atoms with E-state index in [0.29, 0.717) is 5.56 Å². The van der Waals surface area contributed by atoms with Crippen molar-refractivity contribution < 1.29 is 14.4 Å². The highest BCUT2D eigenvalue weighted by Crippen LogP contribution is 2.51. The van der Waals surface area contributed by atoms with Gasteiger partial charge in [-0.1, -0.05) is 36.9 Å². The molecule has 1 aromatic carbocycles. The maximum atomic E-state index is 11.0. The lowest BCUT2D eigenvalue weighted by atomic mass is 10.1. The van der Waals surface area contributed by atoms with Crippen LogP contribution in [0.4, 0.5) is 0 Å². The highest BCUT2D eigenvalue weighted by Gasteiger charge is 2.25. The minimum absolute atomic E-state index is 0.643. The standard InChI is InChI=1S/C10H13O3P/c1-3-9-4-6-10(7-5-9)8(2)14(11,12)13/h3-8H,1H2,2H3,(H2,11,12,13). The molecular formula is C10H13O3P. The van der Waals surface area contributed by atoms with Gasteiger partial charge in [-0.05, 0) is 18.1 Å². The van der Waals surface area contributed by atoms with Crippen molar-refractivity contribution in [3.8, 4) is 0 Å². The lowest BCUT2D eigenvalue weighted by Gasteiger charge is -2.13. The summed E-state index contributed by atoms with van der Waals surface area (Å²) in [5, 5.41) is 0. The third-order valence-corrected chi connectivity index (χ3v) is 3.47. The average Bonchev–Trinajstić information content (AvgIpc) is 2.15. The zero-order valence-electron chi connectivity index (χ0n) is 7.92. The summed E-state index contributed by atoms with van der Waals surface area (Å²) in [7, 11) is -4.03. The Morgan fingerprint density at radius 1 is 1.36 bits per heavy atom. The molecule has 1 rings (SSSR count). The molecular weight excluding hydrogens is 199 g/mol. The monoisotopic (exact) mass is 212 g/mol.